The lowest BCUT2D eigenvalue weighted by atomic mass is 9.67. The number of H-pyrrole nitrogens is 1. The Morgan fingerprint density at radius 2 is 2.17 bits per heavy atom. The molecule has 1 fully saturated rings. The van der Waals surface area contributed by atoms with E-state index >= 15 is 0 Å². The van der Waals surface area contributed by atoms with E-state index in [2.05, 4.69) is 21.6 Å². The first-order chi connectivity index (χ1) is 8.56. The second-order valence-corrected chi connectivity index (χ2v) is 6.02. The molecule has 0 atom stereocenters. The van der Waals surface area contributed by atoms with E-state index < -0.39 is 0 Å². The fourth-order valence-corrected chi connectivity index (χ4v) is 3.41. The average molecular weight is 264 g/mol. The van der Waals surface area contributed by atoms with Gasteiger partial charge in [0.1, 0.15) is 5.52 Å². The van der Waals surface area contributed by atoms with Gasteiger partial charge in [-0.2, -0.15) is 5.10 Å². The maximum absolute atomic E-state index is 5.48. The molecule has 3 rings (SSSR count). The molecule has 0 aromatic carbocycles. The van der Waals surface area contributed by atoms with Crippen molar-refractivity contribution in [3.63, 3.8) is 0 Å². The highest BCUT2D eigenvalue weighted by molar-refractivity contribution is 7.71. The van der Waals surface area contributed by atoms with E-state index in [1.165, 1.54) is 25.7 Å². The minimum atomic E-state index is 0.464. The monoisotopic (exact) mass is 264 g/mol. The molecule has 0 saturated heterocycles. The number of rotatable bonds is 3. The van der Waals surface area contributed by atoms with Gasteiger partial charge in [0.2, 0.25) is 0 Å². The van der Waals surface area contributed by atoms with Gasteiger partial charge in [0.05, 0.1) is 5.69 Å². The largest absolute Gasteiger partial charge is 0.328 e. The Kier molecular flexibility index (Phi) is 2.62. The van der Waals surface area contributed by atoms with Gasteiger partial charge in [-0.3, -0.25) is 4.68 Å². The Bertz CT molecular complexity index is 636. The van der Waals surface area contributed by atoms with Crippen LogP contribution in [-0.2, 0) is 13.6 Å². The molecule has 0 amide bonds. The van der Waals surface area contributed by atoms with Crippen molar-refractivity contribution in [1.82, 2.24) is 19.3 Å². The predicted octanol–water partition coefficient (Wildman–Crippen LogP) is 3.32. The third-order valence-electron chi connectivity index (χ3n) is 4.58. The van der Waals surface area contributed by atoms with Crippen LogP contribution in [0.2, 0.25) is 0 Å². The molecule has 0 spiro atoms. The van der Waals surface area contributed by atoms with Crippen LogP contribution in [0.4, 0.5) is 0 Å². The summed E-state index contributed by atoms with van der Waals surface area (Å²) in [6.07, 6.45) is 5.25. The summed E-state index contributed by atoms with van der Waals surface area (Å²) in [5, 5.41) is 4.47. The van der Waals surface area contributed by atoms with Gasteiger partial charge in [-0.1, -0.05) is 13.3 Å². The lowest BCUT2D eigenvalue weighted by Gasteiger charge is -2.41. The van der Waals surface area contributed by atoms with E-state index in [9.17, 15) is 0 Å². The van der Waals surface area contributed by atoms with Crippen molar-refractivity contribution >= 4 is 23.4 Å². The van der Waals surface area contributed by atoms with Crippen molar-refractivity contribution < 1.29 is 0 Å². The number of aromatic amines is 1. The van der Waals surface area contributed by atoms with Crippen molar-refractivity contribution in [3.05, 3.63) is 10.5 Å². The third-order valence-corrected chi connectivity index (χ3v) is 4.90. The zero-order valence-corrected chi connectivity index (χ0v) is 12.1. The first-order valence-electron chi connectivity index (χ1n) is 6.68. The number of imidazole rings is 1. The summed E-state index contributed by atoms with van der Waals surface area (Å²) >= 11 is 5.48. The average Bonchev–Trinajstić information content (AvgIpc) is 2.73. The van der Waals surface area contributed by atoms with E-state index in [0.29, 0.717) is 5.41 Å². The van der Waals surface area contributed by atoms with E-state index in [1.54, 1.807) is 0 Å². The van der Waals surface area contributed by atoms with Crippen LogP contribution >= 0.6 is 12.2 Å². The minimum absolute atomic E-state index is 0.464. The first-order valence-corrected chi connectivity index (χ1v) is 7.09. The van der Waals surface area contributed by atoms with Crippen LogP contribution in [0.1, 0.15) is 38.3 Å². The summed E-state index contributed by atoms with van der Waals surface area (Å²) in [7, 11) is 1.99. The summed E-state index contributed by atoms with van der Waals surface area (Å²) in [6, 6.07) is 0. The molecule has 4 nitrogen and oxygen atoms in total. The standard InChI is InChI=1S/C13H20N4S/c1-4-13(6-5-7-13)8-17-11-10(14-12(17)18)9(2)15-16(11)3/h4-8H2,1-3H3,(H,14,18). The number of fused-ring (bicyclic) bond motifs is 1. The van der Waals surface area contributed by atoms with Crippen LogP contribution < -0.4 is 0 Å². The quantitative estimate of drug-likeness (QED) is 0.864. The van der Waals surface area contributed by atoms with Gasteiger partial charge in [-0.25, -0.2) is 0 Å². The summed E-state index contributed by atoms with van der Waals surface area (Å²) < 4.78 is 5.02. The number of nitrogens with zero attached hydrogens (tertiary/aromatic N) is 3. The first kappa shape index (κ1) is 12.0. The summed E-state index contributed by atoms with van der Waals surface area (Å²) in [5.74, 6) is 0. The van der Waals surface area contributed by atoms with Crippen LogP contribution in [-0.4, -0.2) is 19.3 Å². The van der Waals surface area contributed by atoms with Crippen molar-refractivity contribution in [2.24, 2.45) is 12.5 Å². The Morgan fingerprint density at radius 3 is 2.72 bits per heavy atom. The predicted molar refractivity (Wildman–Crippen MR) is 75.2 cm³/mol. The van der Waals surface area contributed by atoms with Gasteiger partial charge >= 0.3 is 0 Å². The smallest absolute Gasteiger partial charge is 0.179 e. The van der Waals surface area contributed by atoms with Gasteiger partial charge in [-0.05, 0) is 43.8 Å². The molecule has 2 heterocycles. The highest BCUT2D eigenvalue weighted by Gasteiger charge is 2.36. The number of aryl methyl sites for hydroxylation is 2. The molecule has 0 bridgehead atoms. The molecule has 1 N–H and O–H groups in total. The molecule has 5 heteroatoms. The third kappa shape index (κ3) is 1.56. The lowest BCUT2D eigenvalue weighted by molar-refractivity contribution is 0.101. The zero-order chi connectivity index (χ0) is 12.9. The van der Waals surface area contributed by atoms with E-state index in [-0.39, 0.29) is 0 Å². The maximum atomic E-state index is 5.48. The molecular weight excluding hydrogens is 244 g/mol. The molecule has 98 valence electrons. The molecule has 1 aliphatic carbocycles. The van der Waals surface area contributed by atoms with Crippen molar-refractivity contribution in [2.75, 3.05) is 0 Å². The molecule has 0 unspecified atom stereocenters. The topological polar surface area (TPSA) is 38.5 Å². The highest BCUT2D eigenvalue weighted by atomic mass is 32.1. The van der Waals surface area contributed by atoms with Crippen LogP contribution in [0.25, 0.3) is 11.2 Å². The van der Waals surface area contributed by atoms with Crippen molar-refractivity contribution in [1.29, 1.82) is 0 Å². The van der Waals surface area contributed by atoms with Crippen molar-refractivity contribution in [2.45, 2.75) is 46.1 Å². The highest BCUT2D eigenvalue weighted by Crippen LogP contribution is 2.45. The fourth-order valence-electron chi connectivity index (χ4n) is 3.15. The number of aromatic nitrogens is 4. The Hall–Kier alpha value is -1.10. The number of hydrogen-bond acceptors (Lipinski definition) is 2. The Balaban J connectivity index is 2.11. The molecule has 1 aliphatic rings. The summed E-state index contributed by atoms with van der Waals surface area (Å²) in [4.78, 5) is 3.31. The zero-order valence-electron chi connectivity index (χ0n) is 11.3. The molecule has 2 aromatic heterocycles. The van der Waals surface area contributed by atoms with Gasteiger partial charge in [0, 0.05) is 13.6 Å². The summed E-state index contributed by atoms with van der Waals surface area (Å²) in [6.45, 7) is 5.35. The van der Waals surface area contributed by atoms with Gasteiger partial charge in [0.25, 0.3) is 0 Å². The van der Waals surface area contributed by atoms with Crippen molar-refractivity contribution in [3.8, 4) is 0 Å². The Labute approximate surface area is 112 Å². The lowest BCUT2D eigenvalue weighted by Crippen LogP contribution is -2.33. The number of hydrogen-bond donors (Lipinski definition) is 1. The van der Waals surface area contributed by atoms with Crippen LogP contribution in [0.15, 0.2) is 0 Å². The number of nitrogens with one attached hydrogen (secondary N) is 1. The molecular formula is C13H20N4S. The maximum Gasteiger partial charge on any atom is 0.179 e. The second kappa shape index (κ2) is 3.95. The normalized spacial score (nSPS) is 18.2. The van der Waals surface area contributed by atoms with E-state index in [4.69, 9.17) is 12.2 Å². The Morgan fingerprint density at radius 1 is 1.44 bits per heavy atom. The van der Waals surface area contributed by atoms with Crippen LogP contribution in [0.3, 0.4) is 0 Å². The second-order valence-electron chi connectivity index (χ2n) is 5.63. The van der Waals surface area contributed by atoms with Gasteiger partial charge in [-0.15, -0.1) is 0 Å². The van der Waals surface area contributed by atoms with Gasteiger partial charge in [0.15, 0.2) is 10.4 Å². The van der Waals surface area contributed by atoms with Crippen LogP contribution in [0, 0.1) is 17.1 Å². The molecule has 1 saturated carbocycles. The van der Waals surface area contributed by atoms with E-state index in [0.717, 1.165) is 28.2 Å². The molecule has 0 aliphatic heterocycles. The summed E-state index contributed by atoms with van der Waals surface area (Å²) in [5.41, 5.74) is 3.72. The fraction of sp³-hybridized carbons (Fsp3) is 0.692. The van der Waals surface area contributed by atoms with E-state index in [1.807, 2.05) is 18.7 Å². The minimum Gasteiger partial charge on any atom is -0.328 e. The SMILES string of the molecule is CCC1(Cn2c(=S)[nH]c3c(C)nn(C)c32)CCC1. The molecule has 18 heavy (non-hydrogen) atoms. The van der Waals surface area contributed by atoms with Gasteiger partial charge < -0.3 is 9.55 Å². The van der Waals surface area contributed by atoms with Crippen LogP contribution in [0.5, 0.6) is 0 Å². The molecule has 2 aromatic rings. The molecule has 0 radical (unpaired) electrons.